The molecule has 9 heteroatoms. The molecule has 38 heavy (non-hydrogen) atoms. The number of fused-ring (bicyclic) bond motifs is 1. The van der Waals surface area contributed by atoms with E-state index in [1.807, 2.05) is 79.1 Å². The fraction of sp³-hybridized carbons (Fsp3) is 0.172. The van der Waals surface area contributed by atoms with Gasteiger partial charge in [0.2, 0.25) is 0 Å². The lowest BCUT2D eigenvalue weighted by atomic mass is 10.1. The molecule has 1 aromatic heterocycles. The summed E-state index contributed by atoms with van der Waals surface area (Å²) in [5.74, 6) is -1.67. The first-order valence-electron chi connectivity index (χ1n) is 12.0. The summed E-state index contributed by atoms with van der Waals surface area (Å²) in [5.41, 5.74) is 3.96. The third-order valence-corrected chi connectivity index (χ3v) is 5.36. The zero-order chi connectivity index (χ0) is 27.2. The third kappa shape index (κ3) is 9.36. The second kappa shape index (κ2) is 14.7. The van der Waals surface area contributed by atoms with E-state index in [9.17, 15) is 14.4 Å². The number of carbonyl (C=O) groups excluding carboxylic acids is 1. The zero-order valence-electron chi connectivity index (χ0n) is 20.7. The Morgan fingerprint density at radius 2 is 1.53 bits per heavy atom. The van der Waals surface area contributed by atoms with E-state index < -0.39 is 11.9 Å². The van der Waals surface area contributed by atoms with Crippen LogP contribution in [0, 0.1) is 0 Å². The maximum absolute atomic E-state index is 12.4. The number of imidazole rings is 1. The second-order valence-electron chi connectivity index (χ2n) is 8.19. The molecule has 9 nitrogen and oxygen atoms in total. The molecule has 0 aliphatic carbocycles. The molecule has 0 bridgehead atoms. The monoisotopic (exact) mass is 515 g/mol. The van der Waals surface area contributed by atoms with Crippen LogP contribution in [0.4, 0.5) is 0 Å². The lowest BCUT2D eigenvalue weighted by Crippen LogP contribution is -2.24. The quantitative estimate of drug-likeness (QED) is 0.145. The van der Waals surface area contributed by atoms with E-state index >= 15 is 0 Å². The molecule has 3 aromatic carbocycles. The smallest absolute Gasteiger partial charge is 0.328 e. The van der Waals surface area contributed by atoms with E-state index in [0.717, 1.165) is 41.9 Å². The van der Waals surface area contributed by atoms with Gasteiger partial charge >= 0.3 is 11.9 Å². The molecule has 0 atom stereocenters. The number of nitrogens with one attached hydrogen (secondary N) is 1. The first-order valence-corrected chi connectivity index (χ1v) is 12.0. The van der Waals surface area contributed by atoms with Gasteiger partial charge in [0.1, 0.15) is 12.4 Å². The molecule has 196 valence electrons. The molecule has 0 amide bonds. The number of Topliss-reactive ketones (excluding diaryl/α,β-unsaturated/α-hetero) is 1. The summed E-state index contributed by atoms with van der Waals surface area (Å²) in [5, 5.41) is 18.9. The lowest BCUT2D eigenvalue weighted by molar-refractivity contribution is -0.134. The molecule has 1 heterocycles. The molecule has 0 saturated carbocycles. The van der Waals surface area contributed by atoms with Crippen LogP contribution in [0.1, 0.15) is 22.3 Å². The van der Waals surface area contributed by atoms with Crippen molar-refractivity contribution in [3.8, 4) is 5.75 Å². The maximum Gasteiger partial charge on any atom is 0.328 e. The number of carboxylic acids is 2. The van der Waals surface area contributed by atoms with Gasteiger partial charge in [-0.05, 0) is 54.9 Å². The van der Waals surface area contributed by atoms with Crippen LogP contribution in [0.3, 0.4) is 0 Å². The number of aromatic nitrogens is 2. The fourth-order valence-electron chi connectivity index (χ4n) is 3.49. The molecule has 0 aliphatic heterocycles. The van der Waals surface area contributed by atoms with Crippen LogP contribution < -0.4 is 10.1 Å². The van der Waals surface area contributed by atoms with Crippen molar-refractivity contribution < 1.29 is 29.3 Å². The number of hydrogen-bond acceptors (Lipinski definition) is 6. The van der Waals surface area contributed by atoms with Gasteiger partial charge in [-0.2, -0.15) is 0 Å². The summed E-state index contributed by atoms with van der Waals surface area (Å²) in [6.07, 6.45) is 3.92. The highest BCUT2D eigenvalue weighted by molar-refractivity contribution is 5.97. The molecule has 0 fully saturated rings. The number of hydrogen-bond donors (Lipinski definition) is 3. The highest BCUT2D eigenvalue weighted by Gasteiger charge is 2.06. The van der Waals surface area contributed by atoms with Gasteiger partial charge in [0, 0.05) is 24.3 Å². The standard InChI is InChI=1S/C25H25N3O2.C4H4O4/c29-25(17-26-15-6-16-28-19-27-23-9-4-5-10-24(23)28)21-11-13-22(14-12-21)30-18-20-7-2-1-3-8-20;5-3(6)1-2-4(7)8/h1-5,7-14,19,26H,6,15-18H2;1-2H,(H,5,6)(H,7,8)/b;2-1-. The highest BCUT2D eigenvalue weighted by atomic mass is 16.5. The first kappa shape index (κ1) is 27.8. The Morgan fingerprint density at radius 1 is 0.868 bits per heavy atom. The van der Waals surface area contributed by atoms with Crippen molar-refractivity contribution >= 4 is 28.8 Å². The number of ketones is 1. The Kier molecular flexibility index (Phi) is 10.8. The molecule has 0 spiro atoms. The summed E-state index contributed by atoms with van der Waals surface area (Å²) >= 11 is 0. The topological polar surface area (TPSA) is 131 Å². The van der Waals surface area contributed by atoms with Gasteiger partial charge in [0.25, 0.3) is 0 Å². The van der Waals surface area contributed by atoms with E-state index in [1.165, 1.54) is 0 Å². The maximum atomic E-state index is 12.4. The van der Waals surface area contributed by atoms with E-state index in [2.05, 4.69) is 20.9 Å². The first-order chi connectivity index (χ1) is 18.4. The molecule has 4 aromatic rings. The Bertz CT molecular complexity index is 1350. The summed E-state index contributed by atoms with van der Waals surface area (Å²) < 4.78 is 7.92. The number of ether oxygens (including phenoxy) is 1. The SMILES string of the molecule is O=C(CNCCCn1cnc2ccccc21)c1ccc(OCc2ccccc2)cc1.O=C(O)/C=C\C(=O)O. The summed E-state index contributed by atoms with van der Waals surface area (Å²) in [6.45, 7) is 2.49. The largest absolute Gasteiger partial charge is 0.489 e. The van der Waals surface area contributed by atoms with Crippen LogP contribution in [-0.4, -0.2) is 50.6 Å². The molecule has 0 saturated heterocycles. The van der Waals surface area contributed by atoms with Crippen molar-refractivity contribution in [2.75, 3.05) is 13.1 Å². The third-order valence-electron chi connectivity index (χ3n) is 5.36. The molecular formula is C29H29N3O6. The predicted octanol–water partition coefficient (Wildman–Crippen LogP) is 4.19. The molecular weight excluding hydrogens is 486 g/mol. The Labute approximate surface area is 220 Å². The number of aliphatic carboxylic acids is 2. The molecule has 0 unspecified atom stereocenters. The number of nitrogens with zero attached hydrogens (tertiary/aromatic N) is 2. The number of carbonyl (C=O) groups is 3. The van der Waals surface area contributed by atoms with E-state index in [4.69, 9.17) is 14.9 Å². The summed E-state index contributed by atoms with van der Waals surface area (Å²) in [7, 11) is 0. The number of benzene rings is 3. The average Bonchev–Trinajstić information content (AvgIpc) is 3.35. The van der Waals surface area contributed by atoms with Gasteiger partial charge in [-0.15, -0.1) is 0 Å². The number of para-hydroxylation sites is 2. The van der Waals surface area contributed by atoms with Crippen LogP contribution in [0.2, 0.25) is 0 Å². The van der Waals surface area contributed by atoms with Crippen molar-refractivity contribution in [1.29, 1.82) is 0 Å². The summed E-state index contributed by atoms with van der Waals surface area (Å²) in [4.78, 5) is 35.9. The van der Waals surface area contributed by atoms with Crippen LogP contribution in [0.15, 0.2) is 97.3 Å². The number of aryl methyl sites for hydroxylation is 1. The zero-order valence-corrected chi connectivity index (χ0v) is 20.7. The van der Waals surface area contributed by atoms with Gasteiger partial charge in [0.05, 0.1) is 23.9 Å². The Balaban J connectivity index is 0.000000436. The van der Waals surface area contributed by atoms with Crippen LogP contribution in [0.5, 0.6) is 5.75 Å². The lowest BCUT2D eigenvalue weighted by Gasteiger charge is -2.08. The van der Waals surface area contributed by atoms with Gasteiger partial charge in [-0.3, -0.25) is 4.79 Å². The van der Waals surface area contributed by atoms with E-state index in [-0.39, 0.29) is 5.78 Å². The van der Waals surface area contributed by atoms with Gasteiger partial charge < -0.3 is 24.8 Å². The van der Waals surface area contributed by atoms with Gasteiger partial charge in [-0.1, -0.05) is 42.5 Å². The molecule has 0 aliphatic rings. The Hall–Kier alpha value is -4.76. The Morgan fingerprint density at radius 3 is 2.21 bits per heavy atom. The minimum Gasteiger partial charge on any atom is -0.489 e. The normalized spacial score (nSPS) is 10.6. The van der Waals surface area contributed by atoms with Crippen molar-refractivity contribution in [2.24, 2.45) is 0 Å². The fourth-order valence-corrected chi connectivity index (χ4v) is 3.49. The van der Waals surface area contributed by atoms with Gasteiger partial charge in [0.15, 0.2) is 5.78 Å². The minimum atomic E-state index is -1.26. The van der Waals surface area contributed by atoms with Crippen molar-refractivity contribution in [3.05, 3.63) is 108 Å². The average molecular weight is 516 g/mol. The molecule has 4 rings (SSSR count). The minimum absolute atomic E-state index is 0.0812. The summed E-state index contributed by atoms with van der Waals surface area (Å²) in [6, 6.07) is 25.5. The van der Waals surface area contributed by atoms with Crippen molar-refractivity contribution in [2.45, 2.75) is 19.6 Å². The van der Waals surface area contributed by atoms with E-state index in [0.29, 0.717) is 30.9 Å². The predicted molar refractivity (Wildman–Crippen MR) is 143 cm³/mol. The number of rotatable bonds is 12. The molecule has 0 radical (unpaired) electrons. The highest BCUT2D eigenvalue weighted by Crippen LogP contribution is 2.15. The van der Waals surface area contributed by atoms with Gasteiger partial charge in [-0.25, -0.2) is 14.6 Å². The van der Waals surface area contributed by atoms with Crippen LogP contribution >= 0.6 is 0 Å². The molecule has 3 N–H and O–H groups in total. The van der Waals surface area contributed by atoms with Crippen molar-refractivity contribution in [3.63, 3.8) is 0 Å². The van der Waals surface area contributed by atoms with E-state index in [1.54, 1.807) is 0 Å². The van der Waals surface area contributed by atoms with Crippen LogP contribution in [0.25, 0.3) is 11.0 Å². The number of carboxylic acid groups (broad SMARTS) is 2. The van der Waals surface area contributed by atoms with Crippen molar-refractivity contribution in [1.82, 2.24) is 14.9 Å². The van der Waals surface area contributed by atoms with Crippen LogP contribution in [-0.2, 0) is 22.7 Å². The second-order valence-corrected chi connectivity index (χ2v) is 8.19.